The summed E-state index contributed by atoms with van der Waals surface area (Å²) in [5.74, 6) is 0.879. The topological polar surface area (TPSA) is 65.2 Å². The minimum absolute atomic E-state index is 0. The molecule has 2 rings (SSSR count). The molecule has 6 nitrogen and oxygen atoms in total. The van der Waals surface area contributed by atoms with Crippen molar-refractivity contribution in [3.8, 4) is 0 Å². The average molecular weight is 409 g/mol. The number of aliphatic imine (C=N–C) groups is 1. The number of hydrogen-bond acceptors (Lipinski definition) is 3. The maximum atomic E-state index is 11.2. The van der Waals surface area contributed by atoms with Gasteiger partial charge in [0, 0.05) is 52.7 Å². The third-order valence-corrected chi connectivity index (χ3v) is 4.19. The van der Waals surface area contributed by atoms with Gasteiger partial charge in [0.05, 0.1) is 6.54 Å². The van der Waals surface area contributed by atoms with Crippen molar-refractivity contribution < 1.29 is 4.79 Å². The van der Waals surface area contributed by atoms with E-state index < -0.39 is 0 Å². The molecule has 0 aromatic heterocycles. The fraction of sp³-hybridized carbons (Fsp3) is 0.857. The Balaban J connectivity index is 0.00000220. The molecule has 0 atom stereocenters. The highest BCUT2D eigenvalue weighted by atomic mass is 127. The van der Waals surface area contributed by atoms with Gasteiger partial charge in [0.1, 0.15) is 0 Å². The van der Waals surface area contributed by atoms with Gasteiger partial charge in [0.2, 0.25) is 5.91 Å². The summed E-state index contributed by atoms with van der Waals surface area (Å²) in [6.45, 7) is 8.97. The smallest absolute Gasteiger partial charge is 0.219 e. The average Bonchev–Trinajstić information content (AvgIpc) is 2.48. The van der Waals surface area contributed by atoms with Crippen molar-refractivity contribution in [2.75, 3.05) is 52.4 Å². The summed E-state index contributed by atoms with van der Waals surface area (Å²) in [7, 11) is 0. The number of likely N-dealkylation sites (tertiary alicyclic amines) is 1. The molecule has 122 valence electrons. The first-order valence-corrected chi connectivity index (χ1v) is 7.69. The quantitative estimate of drug-likeness (QED) is 0.421. The second kappa shape index (κ2) is 9.45. The Bertz CT molecular complexity index is 349. The van der Waals surface area contributed by atoms with Gasteiger partial charge in [-0.25, -0.2) is 0 Å². The highest BCUT2D eigenvalue weighted by Gasteiger charge is 2.18. The summed E-state index contributed by atoms with van der Waals surface area (Å²) in [6, 6.07) is 0. The van der Waals surface area contributed by atoms with Crippen molar-refractivity contribution in [1.82, 2.24) is 14.7 Å². The van der Waals surface area contributed by atoms with Crippen LogP contribution >= 0.6 is 24.0 Å². The standard InChI is InChI=1S/C14H27N5O.HI/c1-13(20)18-11-9-17(10-12-18)8-5-16-14(15)19-6-3-2-4-7-19;/h2-12H2,1H3,(H2,15,16);1H. The van der Waals surface area contributed by atoms with E-state index in [1.54, 1.807) is 6.92 Å². The number of piperidine rings is 1. The van der Waals surface area contributed by atoms with Crippen molar-refractivity contribution in [1.29, 1.82) is 0 Å². The van der Waals surface area contributed by atoms with Crippen LogP contribution in [0.3, 0.4) is 0 Å². The second-order valence-electron chi connectivity index (χ2n) is 5.64. The van der Waals surface area contributed by atoms with Crippen molar-refractivity contribution >= 4 is 35.8 Å². The van der Waals surface area contributed by atoms with Crippen LogP contribution in [0.4, 0.5) is 0 Å². The van der Waals surface area contributed by atoms with Crippen LogP contribution in [-0.2, 0) is 4.79 Å². The monoisotopic (exact) mass is 409 g/mol. The van der Waals surface area contributed by atoms with Gasteiger partial charge in [-0.2, -0.15) is 0 Å². The lowest BCUT2D eigenvalue weighted by Gasteiger charge is -2.34. The molecular weight excluding hydrogens is 381 g/mol. The molecule has 2 fully saturated rings. The van der Waals surface area contributed by atoms with Crippen LogP contribution in [-0.4, -0.2) is 78.9 Å². The van der Waals surface area contributed by atoms with Crippen molar-refractivity contribution in [3.05, 3.63) is 0 Å². The molecule has 7 heteroatoms. The van der Waals surface area contributed by atoms with Crippen LogP contribution in [0, 0.1) is 0 Å². The molecule has 0 aliphatic carbocycles. The number of guanidine groups is 1. The predicted molar refractivity (Wildman–Crippen MR) is 96.0 cm³/mol. The molecule has 2 saturated heterocycles. The Labute approximate surface area is 144 Å². The summed E-state index contributed by atoms with van der Waals surface area (Å²) < 4.78 is 0. The van der Waals surface area contributed by atoms with E-state index in [2.05, 4.69) is 14.8 Å². The minimum Gasteiger partial charge on any atom is -0.370 e. The SMILES string of the molecule is CC(=O)N1CCN(CCN=C(N)N2CCCCC2)CC1.I. The predicted octanol–water partition coefficient (Wildman–Crippen LogP) is 0.569. The molecule has 21 heavy (non-hydrogen) atoms. The van der Waals surface area contributed by atoms with E-state index in [0.29, 0.717) is 5.96 Å². The molecule has 2 N–H and O–H groups in total. The Morgan fingerprint density at radius 2 is 1.62 bits per heavy atom. The molecule has 0 radical (unpaired) electrons. The van der Waals surface area contributed by atoms with Gasteiger partial charge in [-0.05, 0) is 19.3 Å². The van der Waals surface area contributed by atoms with E-state index in [4.69, 9.17) is 5.73 Å². The van der Waals surface area contributed by atoms with Crippen LogP contribution in [0.15, 0.2) is 4.99 Å². The molecule has 2 aliphatic rings. The maximum Gasteiger partial charge on any atom is 0.219 e. The van der Waals surface area contributed by atoms with Crippen molar-refractivity contribution in [3.63, 3.8) is 0 Å². The first-order valence-electron chi connectivity index (χ1n) is 7.69. The zero-order chi connectivity index (χ0) is 14.4. The van der Waals surface area contributed by atoms with Gasteiger partial charge >= 0.3 is 0 Å². The molecule has 0 spiro atoms. The third-order valence-electron chi connectivity index (χ3n) is 4.19. The number of carbonyl (C=O) groups is 1. The van der Waals surface area contributed by atoms with Gasteiger partial charge in [-0.3, -0.25) is 14.7 Å². The molecule has 0 aromatic carbocycles. The largest absolute Gasteiger partial charge is 0.370 e. The molecule has 0 saturated carbocycles. The molecule has 0 aromatic rings. The number of rotatable bonds is 3. The number of carbonyl (C=O) groups excluding carboxylic acids is 1. The fourth-order valence-corrected chi connectivity index (χ4v) is 2.82. The number of halogens is 1. The molecule has 0 bridgehead atoms. The number of hydrogen-bond donors (Lipinski definition) is 1. The molecular formula is C14H28IN5O. The van der Waals surface area contributed by atoms with Gasteiger partial charge < -0.3 is 15.5 Å². The highest BCUT2D eigenvalue weighted by Crippen LogP contribution is 2.08. The number of piperazine rings is 1. The lowest BCUT2D eigenvalue weighted by molar-refractivity contribution is -0.130. The van der Waals surface area contributed by atoms with Crippen LogP contribution < -0.4 is 5.73 Å². The Morgan fingerprint density at radius 1 is 1.00 bits per heavy atom. The summed E-state index contributed by atoms with van der Waals surface area (Å²) in [5, 5.41) is 0. The normalized spacial score (nSPS) is 21.1. The molecule has 2 heterocycles. The highest BCUT2D eigenvalue weighted by molar-refractivity contribution is 14.0. The third kappa shape index (κ3) is 5.98. The maximum absolute atomic E-state index is 11.2. The zero-order valence-electron chi connectivity index (χ0n) is 13.0. The number of nitrogens with two attached hydrogens (primary N) is 1. The van der Waals surface area contributed by atoms with Crippen LogP contribution in [0.25, 0.3) is 0 Å². The Hall–Kier alpha value is -0.570. The lowest BCUT2D eigenvalue weighted by Crippen LogP contribution is -2.48. The van der Waals surface area contributed by atoms with Crippen LogP contribution in [0.1, 0.15) is 26.2 Å². The van der Waals surface area contributed by atoms with Crippen molar-refractivity contribution in [2.45, 2.75) is 26.2 Å². The van der Waals surface area contributed by atoms with E-state index >= 15 is 0 Å². The van der Waals surface area contributed by atoms with E-state index in [0.717, 1.165) is 52.4 Å². The summed E-state index contributed by atoms with van der Waals surface area (Å²) >= 11 is 0. The van der Waals surface area contributed by atoms with E-state index in [-0.39, 0.29) is 29.9 Å². The molecule has 2 aliphatic heterocycles. The first kappa shape index (κ1) is 18.5. The Kier molecular flexibility index (Phi) is 8.31. The van der Waals surface area contributed by atoms with Crippen LogP contribution in [0.5, 0.6) is 0 Å². The second-order valence-corrected chi connectivity index (χ2v) is 5.64. The lowest BCUT2D eigenvalue weighted by atomic mass is 10.1. The molecule has 0 unspecified atom stereocenters. The number of nitrogens with zero attached hydrogens (tertiary/aromatic N) is 4. The van der Waals surface area contributed by atoms with Crippen molar-refractivity contribution in [2.24, 2.45) is 10.7 Å². The van der Waals surface area contributed by atoms with Gasteiger partial charge in [0.15, 0.2) is 5.96 Å². The Morgan fingerprint density at radius 3 is 2.19 bits per heavy atom. The number of amides is 1. The van der Waals surface area contributed by atoms with E-state index in [1.807, 2.05) is 4.90 Å². The first-order chi connectivity index (χ1) is 9.66. The summed E-state index contributed by atoms with van der Waals surface area (Å²) in [6.07, 6.45) is 3.76. The van der Waals surface area contributed by atoms with Gasteiger partial charge in [-0.15, -0.1) is 24.0 Å². The van der Waals surface area contributed by atoms with Crippen LogP contribution in [0.2, 0.25) is 0 Å². The van der Waals surface area contributed by atoms with E-state index in [9.17, 15) is 4.79 Å². The summed E-state index contributed by atoms with van der Waals surface area (Å²) in [5.41, 5.74) is 6.03. The fourth-order valence-electron chi connectivity index (χ4n) is 2.82. The minimum atomic E-state index is 0. The van der Waals surface area contributed by atoms with Gasteiger partial charge in [0.25, 0.3) is 0 Å². The van der Waals surface area contributed by atoms with E-state index in [1.165, 1.54) is 19.3 Å². The van der Waals surface area contributed by atoms with Gasteiger partial charge in [-0.1, -0.05) is 0 Å². The molecule has 1 amide bonds. The summed E-state index contributed by atoms with van der Waals surface area (Å²) in [4.78, 5) is 22.2. The zero-order valence-corrected chi connectivity index (χ0v) is 15.3.